The monoisotopic (exact) mass is 211 g/mol. The topological polar surface area (TPSA) is 38.1 Å². The zero-order valence-electron chi connectivity index (χ0n) is 8.27. The van der Waals surface area contributed by atoms with Crippen molar-refractivity contribution >= 4 is 24.2 Å². The van der Waals surface area contributed by atoms with Gasteiger partial charge in [0.25, 0.3) is 0 Å². The van der Waals surface area contributed by atoms with Crippen LogP contribution in [0.2, 0.25) is 0 Å². The second-order valence-corrected chi connectivity index (χ2v) is 4.33. The minimum Gasteiger partial charge on any atom is -0.308 e. The maximum absolute atomic E-state index is 11.6. The molecule has 0 aromatic carbocycles. The Labute approximate surface area is 88.3 Å². The first kappa shape index (κ1) is 9.58. The van der Waals surface area contributed by atoms with Gasteiger partial charge in [0.05, 0.1) is 17.6 Å². The highest BCUT2D eigenvalue weighted by Crippen LogP contribution is 2.26. The summed E-state index contributed by atoms with van der Waals surface area (Å²) in [6, 6.07) is 0. The Morgan fingerprint density at radius 3 is 2.79 bits per heavy atom. The minimum absolute atomic E-state index is 0.140. The van der Waals surface area contributed by atoms with Gasteiger partial charge < -0.3 is 4.90 Å². The largest absolute Gasteiger partial charge is 0.308 e. The van der Waals surface area contributed by atoms with Crippen LogP contribution < -0.4 is 4.90 Å². The lowest BCUT2D eigenvalue weighted by atomic mass is 10.3. The highest BCUT2D eigenvalue weighted by atomic mass is 32.1. The third-order valence-electron chi connectivity index (χ3n) is 2.60. The summed E-state index contributed by atoms with van der Waals surface area (Å²) in [5.41, 5.74) is 1.93. The molecule has 0 spiro atoms. The second-order valence-electron chi connectivity index (χ2n) is 3.60. The van der Waals surface area contributed by atoms with Gasteiger partial charge in [-0.1, -0.05) is 0 Å². The molecule has 1 aromatic rings. The van der Waals surface area contributed by atoms with E-state index >= 15 is 0 Å². The molecule has 5 heteroatoms. The number of anilines is 1. The van der Waals surface area contributed by atoms with E-state index in [0.717, 1.165) is 11.4 Å². The number of rotatable bonds is 1. The zero-order valence-corrected chi connectivity index (χ0v) is 9.16. The summed E-state index contributed by atoms with van der Waals surface area (Å²) < 4.78 is 1.77. The number of thiol groups is 1. The van der Waals surface area contributed by atoms with Gasteiger partial charge in [-0.3, -0.25) is 9.48 Å². The van der Waals surface area contributed by atoms with E-state index < -0.39 is 0 Å². The summed E-state index contributed by atoms with van der Waals surface area (Å²) in [5, 5.41) is 4.27. The van der Waals surface area contributed by atoms with Crippen molar-refractivity contribution in [2.45, 2.75) is 18.6 Å². The van der Waals surface area contributed by atoms with E-state index in [-0.39, 0.29) is 11.2 Å². The van der Waals surface area contributed by atoms with Gasteiger partial charge >= 0.3 is 0 Å². The van der Waals surface area contributed by atoms with Crippen LogP contribution in [0, 0.1) is 6.92 Å². The normalized spacial score (nSPS) is 22.1. The third-order valence-corrected chi connectivity index (χ3v) is 2.95. The molecule has 0 radical (unpaired) electrons. The molecule has 1 amide bonds. The lowest BCUT2D eigenvalue weighted by molar-refractivity contribution is -0.117. The van der Waals surface area contributed by atoms with Crippen LogP contribution in [0.1, 0.15) is 12.1 Å². The van der Waals surface area contributed by atoms with Gasteiger partial charge in [-0.05, 0) is 6.92 Å². The lowest BCUT2D eigenvalue weighted by Crippen LogP contribution is -2.25. The van der Waals surface area contributed by atoms with E-state index in [0.29, 0.717) is 13.0 Å². The number of nitrogens with zero attached hydrogens (tertiary/aromatic N) is 3. The van der Waals surface area contributed by atoms with Crippen LogP contribution in [0.15, 0.2) is 6.20 Å². The van der Waals surface area contributed by atoms with E-state index in [2.05, 4.69) is 17.7 Å². The van der Waals surface area contributed by atoms with Crippen molar-refractivity contribution in [3.05, 3.63) is 11.9 Å². The Bertz CT molecular complexity index is 374. The van der Waals surface area contributed by atoms with Crippen molar-refractivity contribution in [1.82, 2.24) is 9.78 Å². The van der Waals surface area contributed by atoms with E-state index in [1.807, 2.05) is 14.0 Å². The fourth-order valence-corrected chi connectivity index (χ4v) is 1.99. The molecule has 1 aliphatic rings. The summed E-state index contributed by atoms with van der Waals surface area (Å²) in [5.74, 6) is 0.140. The average molecular weight is 211 g/mol. The first-order chi connectivity index (χ1) is 6.59. The summed E-state index contributed by atoms with van der Waals surface area (Å²) in [4.78, 5) is 13.4. The van der Waals surface area contributed by atoms with Gasteiger partial charge in [-0.2, -0.15) is 17.7 Å². The maximum atomic E-state index is 11.6. The highest BCUT2D eigenvalue weighted by Gasteiger charge is 2.30. The number of aromatic nitrogens is 2. The number of carbonyl (C=O) groups excluding carboxylic acids is 1. The predicted octanol–water partition coefficient (Wildman–Crippen LogP) is 0.764. The van der Waals surface area contributed by atoms with Gasteiger partial charge in [0.1, 0.15) is 0 Å². The van der Waals surface area contributed by atoms with Gasteiger partial charge in [-0.25, -0.2) is 0 Å². The maximum Gasteiger partial charge on any atom is 0.228 e. The lowest BCUT2D eigenvalue weighted by Gasteiger charge is -2.14. The fraction of sp³-hybridized carbons (Fsp3) is 0.556. The summed E-state index contributed by atoms with van der Waals surface area (Å²) in [6.45, 7) is 2.65. The quantitative estimate of drug-likeness (QED) is 0.697. The molecule has 76 valence electrons. The molecule has 1 fully saturated rings. The molecule has 0 bridgehead atoms. The third kappa shape index (κ3) is 1.41. The van der Waals surface area contributed by atoms with E-state index in [1.54, 1.807) is 15.8 Å². The van der Waals surface area contributed by atoms with Crippen molar-refractivity contribution < 1.29 is 4.79 Å². The van der Waals surface area contributed by atoms with Gasteiger partial charge in [-0.15, -0.1) is 0 Å². The smallest absolute Gasteiger partial charge is 0.228 e. The summed E-state index contributed by atoms with van der Waals surface area (Å²) in [6.07, 6.45) is 2.26. The summed E-state index contributed by atoms with van der Waals surface area (Å²) >= 11 is 4.31. The molecular weight excluding hydrogens is 198 g/mol. The molecule has 4 nitrogen and oxygen atoms in total. The van der Waals surface area contributed by atoms with Crippen molar-refractivity contribution in [3.8, 4) is 0 Å². The SMILES string of the molecule is Cc1c(N2CC(S)CC2=O)cnn1C. The van der Waals surface area contributed by atoms with Crippen LogP contribution in [0.4, 0.5) is 5.69 Å². The van der Waals surface area contributed by atoms with Crippen LogP contribution in [0.25, 0.3) is 0 Å². The van der Waals surface area contributed by atoms with Gasteiger partial charge in [0, 0.05) is 25.3 Å². The number of carbonyl (C=O) groups is 1. The Morgan fingerprint density at radius 2 is 2.36 bits per heavy atom. The molecule has 0 saturated carbocycles. The first-order valence-electron chi connectivity index (χ1n) is 4.56. The van der Waals surface area contributed by atoms with Crippen LogP contribution in [0.3, 0.4) is 0 Å². The fourth-order valence-electron chi connectivity index (χ4n) is 1.67. The average Bonchev–Trinajstić information content (AvgIpc) is 2.59. The van der Waals surface area contributed by atoms with Crippen LogP contribution in [0.5, 0.6) is 0 Å². The van der Waals surface area contributed by atoms with Crippen molar-refractivity contribution in [1.29, 1.82) is 0 Å². The van der Waals surface area contributed by atoms with Gasteiger partial charge in [0.15, 0.2) is 0 Å². The molecule has 1 atom stereocenters. The number of hydrogen-bond donors (Lipinski definition) is 1. The molecule has 14 heavy (non-hydrogen) atoms. The van der Waals surface area contributed by atoms with E-state index in [4.69, 9.17) is 0 Å². The molecule has 0 N–H and O–H groups in total. The Morgan fingerprint density at radius 1 is 1.64 bits per heavy atom. The first-order valence-corrected chi connectivity index (χ1v) is 5.08. The van der Waals surface area contributed by atoms with Gasteiger partial charge in [0.2, 0.25) is 5.91 Å². The highest BCUT2D eigenvalue weighted by molar-refractivity contribution is 7.81. The second kappa shape index (κ2) is 3.31. The molecule has 2 rings (SSSR count). The van der Waals surface area contributed by atoms with Crippen LogP contribution in [-0.4, -0.2) is 27.5 Å². The molecule has 0 aliphatic carbocycles. The Balaban J connectivity index is 2.32. The van der Waals surface area contributed by atoms with E-state index in [1.165, 1.54) is 0 Å². The standard InChI is InChI=1S/C9H13N3OS/c1-6-8(4-10-11(6)2)12-5-7(14)3-9(12)13/h4,7,14H,3,5H2,1-2H3. The Kier molecular flexibility index (Phi) is 2.26. The molecule has 1 saturated heterocycles. The number of amides is 1. The molecule has 1 aromatic heterocycles. The van der Waals surface area contributed by atoms with Crippen molar-refractivity contribution in [2.75, 3.05) is 11.4 Å². The van der Waals surface area contributed by atoms with E-state index in [9.17, 15) is 4.79 Å². The molecule has 1 unspecified atom stereocenters. The van der Waals surface area contributed by atoms with Crippen molar-refractivity contribution in [2.24, 2.45) is 7.05 Å². The minimum atomic E-state index is 0.140. The predicted molar refractivity (Wildman–Crippen MR) is 57.7 cm³/mol. The van der Waals surface area contributed by atoms with Crippen molar-refractivity contribution in [3.63, 3.8) is 0 Å². The van der Waals surface area contributed by atoms with Crippen LogP contribution >= 0.6 is 12.6 Å². The molecular formula is C9H13N3OS. The zero-order chi connectivity index (χ0) is 10.3. The summed E-state index contributed by atoms with van der Waals surface area (Å²) in [7, 11) is 1.87. The van der Waals surface area contributed by atoms with Crippen LogP contribution in [-0.2, 0) is 11.8 Å². The number of aryl methyl sites for hydroxylation is 1. The Hall–Kier alpha value is -0.970. The molecule has 2 heterocycles. The number of hydrogen-bond acceptors (Lipinski definition) is 3. The molecule has 1 aliphatic heterocycles.